The number of amides is 3. The van der Waals surface area contributed by atoms with E-state index in [0.717, 1.165) is 18.5 Å². The van der Waals surface area contributed by atoms with E-state index in [1.807, 2.05) is 21.9 Å². The fourth-order valence-electron chi connectivity index (χ4n) is 3.88. The summed E-state index contributed by atoms with van der Waals surface area (Å²) in [6.07, 6.45) is 3.41. The first-order valence-electron chi connectivity index (χ1n) is 9.92. The van der Waals surface area contributed by atoms with E-state index in [4.69, 9.17) is 11.6 Å². The molecule has 2 saturated heterocycles. The van der Waals surface area contributed by atoms with Crippen molar-refractivity contribution in [1.82, 2.24) is 10.2 Å². The third kappa shape index (κ3) is 4.24. The topological polar surface area (TPSA) is 81.8 Å². The number of piperidine rings is 1. The van der Waals surface area contributed by atoms with Crippen LogP contribution in [0, 0.1) is 11.8 Å². The molecule has 28 heavy (non-hydrogen) atoms. The van der Waals surface area contributed by atoms with E-state index in [2.05, 4.69) is 10.6 Å². The molecular formula is C20H25ClN4O3. The average Bonchev–Trinajstić information content (AvgIpc) is 3.53. The number of nitrogens with zero attached hydrogens (tertiary/aromatic N) is 2. The molecule has 1 aromatic rings. The standard InChI is InChI=1S/C20H25ClN4O3/c21-16-11-15(3-4-17(16)25-10-7-22-18(26)12-25)23-19(27)13-5-8-24(9-6-13)20(28)14-1-2-14/h3-4,11,13-14H,1-2,5-10,12H2,(H,22,26)(H,23,27). The summed E-state index contributed by atoms with van der Waals surface area (Å²) in [5, 5.41) is 6.25. The van der Waals surface area contributed by atoms with Gasteiger partial charge in [-0.25, -0.2) is 0 Å². The molecule has 1 aliphatic carbocycles. The van der Waals surface area contributed by atoms with Crippen LogP contribution in [0.3, 0.4) is 0 Å². The Hall–Kier alpha value is -2.28. The Morgan fingerprint density at radius 3 is 2.46 bits per heavy atom. The van der Waals surface area contributed by atoms with Crippen molar-refractivity contribution >= 4 is 40.7 Å². The monoisotopic (exact) mass is 404 g/mol. The highest BCUT2D eigenvalue weighted by molar-refractivity contribution is 6.33. The first kappa shape index (κ1) is 19.1. The van der Waals surface area contributed by atoms with Crippen LogP contribution in [0.1, 0.15) is 25.7 Å². The summed E-state index contributed by atoms with van der Waals surface area (Å²) in [7, 11) is 0. The molecule has 7 nitrogen and oxygen atoms in total. The summed E-state index contributed by atoms with van der Waals surface area (Å²) in [6.45, 7) is 2.89. The number of anilines is 2. The molecule has 0 atom stereocenters. The van der Waals surface area contributed by atoms with Gasteiger partial charge in [-0.3, -0.25) is 14.4 Å². The Kier molecular flexibility index (Phi) is 5.44. The number of hydrogen-bond donors (Lipinski definition) is 2. The van der Waals surface area contributed by atoms with Crippen molar-refractivity contribution in [1.29, 1.82) is 0 Å². The van der Waals surface area contributed by atoms with Gasteiger partial charge < -0.3 is 20.4 Å². The number of halogens is 1. The fraction of sp³-hybridized carbons (Fsp3) is 0.550. The number of piperazine rings is 1. The summed E-state index contributed by atoms with van der Waals surface area (Å²) < 4.78 is 0. The molecule has 0 spiro atoms. The Labute approximate surface area is 169 Å². The highest BCUT2D eigenvalue weighted by Gasteiger charge is 2.36. The van der Waals surface area contributed by atoms with Crippen molar-refractivity contribution in [2.75, 3.05) is 42.9 Å². The number of nitrogens with one attached hydrogen (secondary N) is 2. The summed E-state index contributed by atoms with van der Waals surface area (Å²) in [5.74, 6) is 0.350. The van der Waals surface area contributed by atoms with Crippen molar-refractivity contribution in [2.24, 2.45) is 11.8 Å². The van der Waals surface area contributed by atoms with E-state index < -0.39 is 0 Å². The molecule has 3 amide bonds. The number of likely N-dealkylation sites (tertiary alicyclic amines) is 1. The minimum Gasteiger partial charge on any atom is -0.359 e. The van der Waals surface area contributed by atoms with E-state index >= 15 is 0 Å². The molecule has 150 valence electrons. The predicted molar refractivity (Wildman–Crippen MR) is 107 cm³/mol. The number of rotatable bonds is 4. The van der Waals surface area contributed by atoms with Crippen LogP contribution in [0.25, 0.3) is 0 Å². The quantitative estimate of drug-likeness (QED) is 0.802. The molecule has 1 saturated carbocycles. The molecule has 2 heterocycles. The van der Waals surface area contributed by atoms with E-state index in [0.29, 0.717) is 49.7 Å². The van der Waals surface area contributed by atoms with Gasteiger partial charge in [-0.2, -0.15) is 0 Å². The van der Waals surface area contributed by atoms with Gasteiger partial charge in [-0.15, -0.1) is 0 Å². The minimum atomic E-state index is -0.0903. The summed E-state index contributed by atoms with van der Waals surface area (Å²) in [6, 6.07) is 5.39. The molecule has 0 unspecified atom stereocenters. The first-order valence-corrected chi connectivity index (χ1v) is 10.3. The second-order valence-corrected chi connectivity index (χ2v) is 8.21. The van der Waals surface area contributed by atoms with E-state index in [-0.39, 0.29) is 36.1 Å². The average molecular weight is 405 g/mol. The van der Waals surface area contributed by atoms with Crippen LogP contribution in [0.15, 0.2) is 18.2 Å². The Morgan fingerprint density at radius 1 is 1.07 bits per heavy atom. The molecular weight excluding hydrogens is 380 g/mol. The third-order valence-electron chi connectivity index (χ3n) is 5.70. The van der Waals surface area contributed by atoms with Gasteiger partial charge in [0.05, 0.1) is 17.3 Å². The van der Waals surface area contributed by atoms with Crippen molar-refractivity contribution in [2.45, 2.75) is 25.7 Å². The lowest BCUT2D eigenvalue weighted by molar-refractivity contribution is -0.135. The second kappa shape index (κ2) is 7.99. The highest BCUT2D eigenvalue weighted by Crippen LogP contribution is 2.33. The smallest absolute Gasteiger partial charge is 0.239 e. The minimum absolute atomic E-state index is 0.0220. The maximum atomic E-state index is 12.6. The Bertz CT molecular complexity index is 788. The predicted octanol–water partition coefficient (Wildman–Crippen LogP) is 1.86. The molecule has 1 aromatic carbocycles. The van der Waals surface area contributed by atoms with Gasteiger partial charge in [0.1, 0.15) is 0 Å². The molecule has 0 radical (unpaired) electrons. The molecule has 2 aliphatic heterocycles. The number of benzene rings is 1. The third-order valence-corrected chi connectivity index (χ3v) is 6.00. The van der Waals surface area contributed by atoms with E-state index in [1.165, 1.54) is 0 Å². The van der Waals surface area contributed by atoms with Crippen molar-refractivity contribution < 1.29 is 14.4 Å². The summed E-state index contributed by atoms with van der Waals surface area (Å²) in [5.41, 5.74) is 1.44. The molecule has 3 fully saturated rings. The van der Waals surface area contributed by atoms with Gasteiger partial charge in [0.15, 0.2) is 0 Å². The largest absolute Gasteiger partial charge is 0.359 e. The first-order chi connectivity index (χ1) is 13.5. The number of carbonyl (C=O) groups is 3. The Morgan fingerprint density at radius 2 is 1.82 bits per heavy atom. The zero-order valence-corrected chi connectivity index (χ0v) is 16.5. The Balaban J connectivity index is 1.32. The lowest BCUT2D eigenvalue weighted by atomic mass is 9.95. The van der Waals surface area contributed by atoms with Crippen LogP contribution in [-0.2, 0) is 14.4 Å². The van der Waals surface area contributed by atoms with Gasteiger partial charge in [-0.05, 0) is 43.9 Å². The lowest BCUT2D eigenvalue weighted by Gasteiger charge is -2.31. The zero-order chi connectivity index (χ0) is 19.7. The van der Waals surface area contributed by atoms with E-state index in [9.17, 15) is 14.4 Å². The van der Waals surface area contributed by atoms with Crippen LogP contribution in [0.5, 0.6) is 0 Å². The van der Waals surface area contributed by atoms with Gasteiger partial charge in [0.25, 0.3) is 0 Å². The fourth-order valence-corrected chi connectivity index (χ4v) is 4.18. The van der Waals surface area contributed by atoms with Crippen molar-refractivity contribution in [3.8, 4) is 0 Å². The van der Waals surface area contributed by atoms with Crippen LogP contribution in [0.2, 0.25) is 5.02 Å². The van der Waals surface area contributed by atoms with E-state index in [1.54, 1.807) is 6.07 Å². The SMILES string of the molecule is O=C1CN(c2ccc(NC(=O)C3CCN(C(=O)C4CC4)CC3)cc2Cl)CCN1. The molecule has 3 aliphatic rings. The van der Waals surface area contributed by atoms with Gasteiger partial charge >= 0.3 is 0 Å². The molecule has 0 bridgehead atoms. The van der Waals surface area contributed by atoms with Gasteiger partial charge in [0, 0.05) is 43.7 Å². The molecule has 0 aromatic heterocycles. The second-order valence-electron chi connectivity index (χ2n) is 7.80. The maximum Gasteiger partial charge on any atom is 0.239 e. The highest BCUT2D eigenvalue weighted by atomic mass is 35.5. The normalized spacial score (nSPS) is 20.7. The molecule has 2 N–H and O–H groups in total. The van der Waals surface area contributed by atoms with Crippen molar-refractivity contribution in [3.05, 3.63) is 23.2 Å². The molecule has 8 heteroatoms. The van der Waals surface area contributed by atoms with Crippen LogP contribution >= 0.6 is 11.6 Å². The summed E-state index contributed by atoms with van der Waals surface area (Å²) in [4.78, 5) is 40.1. The number of carbonyl (C=O) groups excluding carboxylic acids is 3. The molecule has 4 rings (SSSR count). The van der Waals surface area contributed by atoms with Crippen LogP contribution in [0.4, 0.5) is 11.4 Å². The summed E-state index contributed by atoms with van der Waals surface area (Å²) >= 11 is 6.40. The van der Waals surface area contributed by atoms with Crippen LogP contribution in [-0.4, -0.2) is 55.3 Å². The van der Waals surface area contributed by atoms with Crippen LogP contribution < -0.4 is 15.5 Å². The zero-order valence-electron chi connectivity index (χ0n) is 15.7. The maximum absolute atomic E-state index is 12.6. The van der Waals surface area contributed by atoms with Gasteiger partial charge in [-0.1, -0.05) is 11.6 Å². The van der Waals surface area contributed by atoms with Crippen molar-refractivity contribution in [3.63, 3.8) is 0 Å². The number of hydrogen-bond acceptors (Lipinski definition) is 4. The lowest BCUT2D eigenvalue weighted by Crippen LogP contribution is -2.47. The van der Waals surface area contributed by atoms with Gasteiger partial charge in [0.2, 0.25) is 17.7 Å².